The molecule has 3 aromatic rings. The number of nitrogens with one attached hydrogen (secondary N) is 1. The largest absolute Gasteiger partial charge is 0.355 e. The van der Waals surface area contributed by atoms with Crippen LogP contribution in [-0.4, -0.2) is 27.7 Å². The van der Waals surface area contributed by atoms with E-state index in [1.54, 1.807) is 24.1 Å². The van der Waals surface area contributed by atoms with Crippen molar-refractivity contribution >= 4 is 5.91 Å². The summed E-state index contributed by atoms with van der Waals surface area (Å²) in [5, 5.41) is 7.16. The van der Waals surface area contributed by atoms with E-state index in [0.717, 1.165) is 22.4 Å². The van der Waals surface area contributed by atoms with Gasteiger partial charge in [0.15, 0.2) is 0 Å². The van der Waals surface area contributed by atoms with Crippen molar-refractivity contribution in [2.24, 2.45) is 7.05 Å². The minimum absolute atomic E-state index is 0.0907. The van der Waals surface area contributed by atoms with E-state index in [9.17, 15) is 4.79 Å². The van der Waals surface area contributed by atoms with Crippen LogP contribution in [-0.2, 0) is 7.05 Å². The summed E-state index contributed by atoms with van der Waals surface area (Å²) >= 11 is 0. The summed E-state index contributed by atoms with van der Waals surface area (Å²) in [6.07, 6.45) is 5.48. The Morgan fingerprint density at radius 1 is 1.05 bits per heavy atom. The maximum Gasteiger partial charge on any atom is 0.251 e. The lowest BCUT2D eigenvalue weighted by Crippen LogP contribution is -2.17. The number of carbonyl (C=O) groups is 1. The highest BCUT2D eigenvalue weighted by molar-refractivity contribution is 5.94. The number of nitrogens with zero attached hydrogens (tertiary/aromatic N) is 3. The maximum absolute atomic E-state index is 11.6. The molecule has 5 heteroatoms. The molecule has 5 nitrogen and oxygen atoms in total. The van der Waals surface area contributed by atoms with E-state index >= 15 is 0 Å². The Kier molecular flexibility index (Phi) is 3.70. The maximum atomic E-state index is 11.6. The molecule has 0 aliphatic rings. The molecule has 0 saturated carbocycles. The van der Waals surface area contributed by atoms with Crippen LogP contribution in [0.1, 0.15) is 10.4 Å². The summed E-state index contributed by atoms with van der Waals surface area (Å²) in [6.45, 7) is 0. The van der Waals surface area contributed by atoms with Gasteiger partial charge in [-0.3, -0.25) is 14.5 Å². The first-order chi connectivity index (χ1) is 10.7. The summed E-state index contributed by atoms with van der Waals surface area (Å²) in [5.74, 6) is -0.0907. The first-order valence-corrected chi connectivity index (χ1v) is 6.95. The van der Waals surface area contributed by atoms with Crippen LogP contribution in [0, 0.1) is 0 Å². The Bertz CT molecular complexity index is 791. The molecule has 0 fully saturated rings. The summed E-state index contributed by atoms with van der Waals surface area (Å²) in [7, 11) is 3.52. The van der Waals surface area contributed by atoms with E-state index < -0.39 is 0 Å². The highest BCUT2D eigenvalue weighted by Gasteiger charge is 2.12. The molecule has 0 bridgehead atoms. The van der Waals surface area contributed by atoms with Gasteiger partial charge >= 0.3 is 0 Å². The molecule has 0 radical (unpaired) electrons. The molecule has 1 aromatic carbocycles. The third-order valence-corrected chi connectivity index (χ3v) is 3.47. The average molecular weight is 292 g/mol. The number of hydrogen-bond acceptors (Lipinski definition) is 3. The topological polar surface area (TPSA) is 59.8 Å². The van der Waals surface area contributed by atoms with E-state index in [0.29, 0.717) is 5.56 Å². The molecule has 0 spiro atoms. The van der Waals surface area contributed by atoms with Gasteiger partial charge in [0.25, 0.3) is 5.91 Å². The second-order valence-corrected chi connectivity index (χ2v) is 4.96. The van der Waals surface area contributed by atoms with Gasteiger partial charge in [-0.05, 0) is 29.8 Å². The highest BCUT2D eigenvalue weighted by Crippen LogP contribution is 2.30. The lowest BCUT2D eigenvalue weighted by atomic mass is 10.0. The van der Waals surface area contributed by atoms with Crippen molar-refractivity contribution in [3.63, 3.8) is 0 Å². The van der Waals surface area contributed by atoms with Crippen LogP contribution in [0.4, 0.5) is 0 Å². The van der Waals surface area contributed by atoms with Crippen molar-refractivity contribution in [1.29, 1.82) is 0 Å². The Hall–Kier alpha value is -2.95. The second-order valence-electron chi connectivity index (χ2n) is 4.96. The fourth-order valence-corrected chi connectivity index (χ4v) is 2.37. The molecule has 110 valence electrons. The predicted octanol–water partition coefficient (Wildman–Crippen LogP) is 2.51. The van der Waals surface area contributed by atoms with Crippen LogP contribution in [0.25, 0.3) is 22.4 Å². The van der Waals surface area contributed by atoms with Crippen molar-refractivity contribution in [3.05, 3.63) is 60.6 Å². The first kappa shape index (κ1) is 14.0. The summed E-state index contributed by atoms with van der Waals surface area (Å²) < 4.78 is 1.79. The van der Waals surface area contributed by atoms with Crippen LogP contribution >= 0.6 is 0 Å². The number of aryl methyl sites for hydroxylation is 1. The molecule has 0 unspecified atom stereocenters. The average Bonchev–Trinajstić information content (AvgIpc) is 2.97. The molecular formula is C17H16N4O. The van der Waals surface area contributed by atoms with E-state index in [4.69, 9.17) is 0 Å². The molecule has 0 aliphatic carbocycles. The van der Waals surface area contributed by atoms with Crippen LogP contribution < -0.4 is 5.32 Å². The van der Waals surface area contributed by atoms with Gasteiger partial charge in [-0.2, -0.15) is 5.10 Å². The van der Waals surface area contributed by atoms with Crippen LogP contribution in [0.2, 0.25) is 0 Å². The molecule has 2 heterocycles. The fraction of sp³-hybridized carbons (Fsp3) is 0.118. The molecule has 2 aromatic heterocycles. The standard InChI is InChI=1S/C17H16N4O/c1-18-17(22)14-5-3-12(4-6-14)15-11-21(2)20-16(15)13-7-9-19-10-8-13/h3-11H,1-2H3,(H,18,22). The molecular weight excluding hydrogens is 276 g/mol. The zero-order valence-electron chi connectivity index (χ0n) is 12.4. The zero-order valence-corrected chi connectivity index (χ0v) is 12.4. The first-order valence-electron chi connectivity index (χ1n) is 6.95. The van der Waals surface area contributed by atoms with Crippen LogP contribution in [0.3, 0.4) is 0 Å². The zero-order chi connectivity index (χ0) is 15.5. The molecule has 0 atom stereocenters. The Labute approximate surface area is 128 Å². The van der Waals surface area contributed by atoms with Gasteiger partial charge in [0.1, 0.15) is 5.69 Å². The lowest BCUT2D eigenvalue weighted by molar-refractivity contribution is 0.0963. The summed E-state index contributed by atoms with van der Waals surface area (Å²) in [6, 6.07) is 11.4. The van der Waals surface area contributed by atoms with Gasteiger partial charge in [0, 0.05) is 49.4 Å². The van der Waals surface area contributed by atoms with Gasteiger partial charge in [-0.1, -0.05) is 12.1 Å². The van der Waals surface area contributed by atoms with Crippen molar-refractivity contribution in [2.75, 3.05) is 7.05 Å². The molecule has 22 heavy (non-hydrogen) atoms. The minimum Gasteiger partial charge on any atom is -0.355 e. The van der Waals surface area contributed by atoms with E-state index in [1.807, 2.05) is 49.6 Å². The smallest absolute Gasteiger partial charge is 0.251 e. The molecule has 1 N–H and O–H groups in total. The van der Waals surface area contributed by atoms with Gasteiger partial charge in [0.05, 0.1) is 0 Å². The summed E-state index contributed by atoms with van der Waals surface area (Å²) in [4.78, 5) is 15.7. The van der Waals surface area contributed by atoms with Crippen molar-refractivity contribution in [2.45, 2.75) is 0 Å². The number of benzene rings is 1. The number of pyridine rings is 1. The normalized spacial score (nSPS) is 10.5. The molecule has 0 saturated heterocycles. The number of hydrogen-bond donors (Lipinski definition) is 1. The Balaban J connectivity index is 2.04. The van der Waals surface area contributed by atoms with Crippen molar-refractivity contribution in [1.82, 2.24) is 20.1 Å². The van der Waals surface area contributed by atoms with Gasteiger partial charge < -0.3 is 5.32 Å². The van der Waals surface area contributed by atoms with E-state index in [2.05, 4.69) is 15.4 Å². The molecule has 0 aliphatic heterocycles. The van der Waals surface area contributed by atoms with Crippen molar-refractivity contribution < 1.29 is 4.79 Å². The minimum atomic E-state index is -0.0907. The third-order valence-electron chi connectivity index (χ3n) is 3.47. The quantitative estimate of drug-likeness (QED) is 0.807. The number of rotatable bonds is 3. The van der Waals surface area contributed by atoms with Crippen LogP contribution in [0.5, 0.6) is 0 Å². The lowest BCUT2D eigenvalue weighted by Gasteiger charge is -2.04. The summed E-state index contributed by atoms with van der Waals surface area (Å²) in [5.41, 5.74) is 4.60. The number of aromatic nitrogens is 3. The van der Waals surface area contributed by atoms with E-state index in [1.165, 1.54) is 0 Å². The monoisotopic (exact) mass is 292 g/mol. The van der Waals surface area contributed by atoms with E-state index in [-0.39, 0.29) is 5.91 Å². The van der Waals surface area contributed by atoms with Gasteiger partial charge in [-0.15, -0.1) is 0 Å². The second kappa shape index (κ2) is 5.81. The SMILES string of the molecule is CNC(=O)c1ccc(-c2cn(C)nc2-c2ccncc2)cc1. The number of carbonyl (C=O) groups excluding carboxylic acids is 1. The third kappa shape index (κ3) is 2.61. The number of amides is 1. The Morgan fingerprint density at radius 2 is 1.73 bits per heavy atom. The van der Waals surface area contributed by atoms with Crippen LogP contribution in [0.15, 0.2) is 55.0 Å². The highest BCUT2D eigenvalue weighted by atomic mass is 16.1. The Morgan fingerprint density at radius 3 is 2.36 bits per heavy atom. The predicted molar refractivity (Wildman–Crippen MR) is 85.3 cm³/mol. The molecule has 1 amide bonds. The molecule has 3 rings (SSSR count). The van der Waals surface area contributed by atoms with Gasteiger partial charge in [0.2, 0.25) is 0 Å². The fourth-order valence-electron chi connectivity index (χ4n) is 2.37. The van der Waals surface area contributed by atoms with Gasteiger partial charge in [-0.25, -0.2) is 0 Å². The van der Waals surface area contributed by atoms with Crippen molar-refractivity contribution in [3.8, 4) is 22.4 Å².